The molecule has 7 nitrogen and oxygen atoms in total. The van der Waals surface area contributed by atoms with Crippen molar-refractivity contribution in [3.8, 4) is 11.4 Å². The zero-order chi connectivity index (χ0) is 25.4. The summed E-state index contributed by atoms with van der Waals surface area (Å²) in [6.45, 7) is 5.85. The number of carbonyl (C=O) groups excluding carboxylic acids is 2. The Morgan fingerprint density at radius 3 is 2.54 bits per heavy atom. The number of methoxy groups -OCH3 is 1. The highest BCUT2D eigenvalue weighted by atomic mass is 35.5. The fraction of sp³-hybridized carbons (Fsp3) is 0.296. The Kier molecular flexibility index (Phi) is 9.09. The van der Waals surface area contributed by atoms with Crippen molar-refractivity contribution in [2.45, 2.75) is 40.0 Å². The fourth-order valence-corrected chi connectivity index (χ4v) is 4.02. The average Bonchev–Trinajstić information content (AvgIpc) is 3.12. The molecule has 3 rings (SSSR count). The summed E-state index contributed by atoms with van der Waals surface area (Å²) in [5.41, 5.74) is 8.49. The molecule has 0 aliphatic carbocycles. The molecular formula is C27H31ClN4O3. The number of benzene rings is 2. The van der Waals surface area contributed by atoms with E-state index in [0.717, 1.165) is 45.9 Å². The summed E-state index contributed by atoms with van der Waals surface area (Å²) in [6, 6.07) is 15.6. The van der Waals surface area contributed by atoms with Crippen LogP contribution in [-0.2, 0) is 16.0 Å². The van der Waals surface area contributed by atoms with E-state index >= 15 is 0 Å². The van der Waals surface area contributed by atoms with Crippen LogP contribution in [-0.4, -0.2) is 36.3 Å². The van der Waals surface area contributed by atoms with Gasteiger partial charge in [-0.1, -0.05) is 29.8 Å². The monoisotopic (exact) mass is 494 g/mol. The van der Waals surface area contributed by atoms with Gasteiger partial charge in [0.2, 0.25) is 5.91 Å². The second kappa shape index (κ2) is 12.2. The number of hydrogen-bond acceptors (Lipinski definition) is 4. The molecule has 0 saturated carbocycles. The Morgan fingerprint density at radius 1 is 1.09 bits per heavy atom. The molecule has 0 fully saturated rings. The molecule has 0 bridgehead atoms. The molecular weight excluding hydrogens is 464 g/mol. The summed E-state index contributed by atoms with van der Waals surface area (Å²) in [5.74, 6) is 0.251. The molecule has 2 amide bonds. The Hall–Kier alpha value is -3.58. The molecule has 1 aromatic heterocycles. The van der Waals surface area contributed by atoms with Crippen molar-refractivity contribution >= 4 is 29.6 Å². The third-order valence-corrected chi connectivity index (χ3v) is 6.23. The van der Waals surface area contributed by atoms with Crippen LogP contribution in [0.1, 0.15) is 40.9 Å². The van der Waals surface area contributed by atoms with Crippen molar-refractivity contribution < 1.29 is 14.3 Å². The van der Waals surface area contributed by atoms with Crippen molar-refractivity contribution in [2.24, 2.45) is 5.10 Å². The number of ether oxygens (including phenoxy) is 1. The summed E-state index contributed by atoms with van der Waals surface area (Å²) in [6.07, 6.45) is 3.42. The quantitative estimate of drug-likeness (QED) is 0.317. The predicted octanol–water partition coefficient (Wildman–Crippen LogP) is 4.65. The normalized spacial score (nSPS) is 11.0. The van der Waals surface area contributed by atoms with Crippen LogP contribution in [0.2, 0.25) is 5.02 Å². The van der Waals surface area contributed by atoms with Crippen LogP contribution in [0, 0.1) is 20.8 Å². The van der Waals surface area contributed by atoms with Gasteiger partial charge in [0.15, 0.2) is 0 Å². The van der Waals surface area contributed by atoms with Crippen LogP contribution in [0.25, 0.3) is 5.69 Å². The molecule has 3 aromatic rings. The second-order valence-electron chi connectivity index (χ2n) is 8.32. The second-order valence-corrected chi connectivity index (χ2v) is 8.72. The van der Waals surface area contributed by atoms with Crippen LogP contribution < -0.4 is 15.5 Å². The Balaban J connectivity index is 1.45. The van der Waals surface area contributed by atoms with Gasteiger partial charge < -0.3 is 14.6 Å². The van der Waals surface area contributed by atoms with Crippen molar-refractivity contribution in [1.29, 1.82) is 0 Å². The maximum atomic E-state index is 12.1. The summed E-state index contributed by atoms with van der Waals surface area (Å²) >= 11 is 6.29. The van der Waals surface area contributed by atoms with Gasteiger partial charge in [-0.2, -0.15) is 5.10 Å². The van der Waals surface area contributed by atoms with Crippen LogP contribution in [0.5, 0.6) is 5.75 Å². The van der Waals surface area contributed by atoms with Gasteiger partial charge in [0.25, 0.3) is 5.91 Å². The smallest absolute Gasteiger partial charge is 0.259 e. The SMILES string of the molecule is COc1ccc(CCCC(=O)NCC(=O)N/N=C/c2cc(C)n(-c3cccc(Cl)c3C)c2C)cc1. The van der Waals surface area contributed by atoms with Gasteiger partial charge in [-0.05, 0) is 75.1 Å². The molecule has 0 radical (unpaired) electrons. The van der Waals surface area contributed by atoms with Gasteiger partial charge in [0.1, 0.15) is 5.75 Å². The van der Waals surface area contributed by atoms with Crippen LogP contribution in [0.3, 0.4) is 0 Å². The first-order chi connectivity index (χ1) is 16.8. The number of nitrogens with zero attached hydrogens (tertiary/aromatic N) is 2. The number of carbonyl (C=O) groups is 2. The Bertz CT molecular complexity index is 1220. The number of hydrazone groups is 1. The first kappa shape index (κ1) is 26.0. The van der Waals surface area contributed by atoms with Gasteiger partial charge >= 0.3 is 0 Å². The van der Waals surface area contributed by atoms with E-state index in [4.69, 9.17) is 16.3 Å². The highest BCUT2D eigenvalue weighted by Crippen LogP contribution is 2.26. The number of amides is 2. The van der Waals surface area contributed by atoms with Gasteiger partial charge in [-0.15, -0.1) is 0 Å². The molecule has 8 heteroatoms. The summed E-state index contributed by atoms with van der Waals surface area (Å²) in [4.78, 5) is 24.1. The highest BCUT2D eigenvalue weighted by Gasteiger charge is 2.13. The zero-order valence-electron chi connectivity index (χ0n) is 20.5. The molecule has 35 heavy (non-hydrogen) atoms. The maximum absolute atomic E-state index is 12.1. The molecule has 0 atom stereocenters. The first-order valence-corrected chi connectivity index (χ1v) is 11.8. The molecule has 2 N–H and O–H groups in total. The molecule has 0 aliphatic rings. The van der Waals surface area contributed by atoms with E-state index in [-0.39, 0.29) is 18.4 Å². The largest absolute Gasteiger partial charge is 0.497 e. The van der Waals surface area contributed by atoms with E-state index in [1.54, 1.807) is 13.3 Å². The lowest BCUT2D eigenvalue weighted by Crippen LogP contribution is -2.34. The number of halogens is 1. The molecule has 1 heterocycles. The number of rotatable bonds is 10. The predicted molar refractivity (Wildman–Crippen MR) is 140 cm³/mol. The number of nitrogens with one attached hydrogen (secondary N) is 2. The van der Waals surface area contributed by atoms with E-state index in [2.05, 4.69) is 20.4 Å². The first-order valence-electron chi connectivity index (χ1n) is 11.5. The Morgan fingerprint density at radius 2 is 1.83 bits per heavy atom. The van der Waals surface area contributed by atoms with E-state index in [9.17, 15) is 9.59 Å². The number of aromatic nitrogens is 1. The molecule has 0 spiro atoms. The van der Waals surface area contributed by atoms with Crippen molar-refractivity contribution in [3.63, 3.8) is 0 Å². The summed E-state index contributed by atoms with van der Waals surface area (Å²) in [7, 11) is 1.63. The van der Waals surface area contributed by atoms with Crippen LogP contribution in [0.15, 0.2) is 53.6 Å². The Labute approximate surface area is 211 Å². The minimum Gasteiger partial charge on any atom is -0.497 e. The molecule has 2 aromatic carbocycles. The summed E-state index contributed by atoms with van der Waals surface area (Å²) < 4.78 is 7.25. The molecule has 0 saturated heterocycles. The minimum absolute atomic E-state index is 0.126. The average molecular weight is 495 g/mol. The molecule has 0 aliphatic heterocycles. The van der Waals surface area contributed by atoms with Crippen molar-refractivity contribution in [1.82, 2.24) is 15.3 Å². The standard InChI is InChI=1S/C27H31ClN4O3/c1-18-15-22(20(3)32(18)25-9-6-8-24(28)19(25)2)16-30-31-27(34)17-29-26(33)10-5-7-21-11-13-23(35-4)14-12-21/h6,8-9,11-16H,5,7,10,17H2,1-4H3,(H,29,33)(H,31,34)/b30-16+. The van der Waals surface area contributed by atoms with Gasteiger partial charge in [0.05, 0.1) is 19.9 Å². The zero-order valence-corrected chi connectivity index (χ0v) is 21.3. The number of aryl methyl sites for hydroxylation is 2. The molecule has 184 valence electrons. The van der Waals surface area contributed by atoms with Crippen molar-refractivity contribution in [3.05, 3.63) is 81.6 Å². The highest BCUT2D eigenvalue weighted by molar-refractivity contribution is 6.31. The van der Waals surface area contributed by atoms with E-state index in [1.165, 1.54) is 0 Å². The van der Waals surface area contributed by atoms with E-state index in [1.807, 2.05) is 69.3 Å². The fourth-order valence-electron chi connectivity index (χ4n) is 3.85. The van der Waals surface area contributed by atoms with Crippen LogP contribution >= 0.6 is 11.6 Å². The lowest BCUT2D eigenvalue weighted by molar-refractivity contribution is -0.126. The topological polar surface area (TPSA) is 84.7 Å². The number of hydrogen-bond donors (Lipinski definition) is 2. The van der Waals surface area contributed by atoms with Crippen LogP contribution in [0.4, 0.5) is 0 Å². The lowest BCUT2D eigenvalue weighted by atomic mass is 10.1. The van der Waals surface area contributed by atoms with E-state index < -0.39 is 0 Å². The van der Waals surface area contributed by atoms with Gasteiger partial charge in [-0.25, -0.2) is 5.43 Å². The maximum Gasteiger partial charge on any atom is 0.259 e. The third-order valence-electron chi connectivity index (χ3n) is 5.82. The summed E-state index contributed by atoms with van der Waals surface area (Å²) in [5, 5.41) is 7.40. The third kappa shape index (κ3) is 6.96. The van der Waals surface area contributed by atoms with Gasteiger partial charge in [-0.3, -0.25) is 9.59 Å². The molecule has 0 unspecified atom stereocenters. The van der Waals surface area contributed by atoms with Gasteiger partial charge in [0, 0.05) is 34.1 Å². The van der Waals surface area contributed by atoms with E-state index in [0.29, 0.717) is 17.9 Å². The minimum atomic E-state index is -0.385. The van der Waals surface area contributed by atoms with Crippen molar-refractivity contribution in [2.75, 3.05) is 13.7 Å². The lowest BCUT2D eigenvalue weighted by Gasteiger charge is -2.13.